The quantitative estimate of drug-likeness (QED) is 0.709. The summed E-state index contributed by atoms with van der Waals surface area (Å²) in [5.74, 6) is 0. The highest BCUT2D eigenvalue weighted by Gasteiger charge is 2.02. The molecular weight excluding hydrogens is 198 g/mol. The Balaban J connectivity index is 2.56. The van der Waals surface area contributed by atoms with Crippen molar-refractivity contribution in [3.63, 3.8) is 0 Å². The Bertz CT molecular complexity index is 305. The first kappa shape index (κ1) is 12.9. The van der Waals surface area contributed by atoms with E-state index in [0.717, 1.165) is 31.9 Å². The van der Waals surface area contributed by atoms with Gasteiger partial charge in [-0.15, -0.1) is 6.58 Å². The second-order valence-corrected chi connectivity index (χ2v) is 3.80. The largest absolute Gasteiger partial charge is 0.316 e. The van der Waals surface area contributed by atoms with Gasteiger partial charge >= 0.3 is 0 Å². The van der Waals surface area contributed by atoms with Crippen molar-refractivity contribution in [1.29, 1.82) is 0 Å². The minimum Gasteiger partial charge on any atom is -0.316 e. The number of hydrogen-bond acceptors (Lipinski definition) is 3. The van der Waals surface area contributed by atoms with Gasteiger partial charge in [0.05, 0.1) is 5.69 Å². The zero-order valence-corrected chi connectivity index (χ0v) is 10.2. The van der Waals surface area contributed by atoms with E-state index in [1.807, 2.05) is 19.3 Å². The maximum atomic E-state index is 4.45. The molecule has 3 heteroatoms. The van der Waals surface area contributed by atoms with Crippen molar-refractivity contribution in [2.75, 3.05) is 20.1 Å². The molecule has 1 aromatic heterocycles. The first-order valence-corrected chi connectivity index (χ1v) is 5.71. The number of nitrogens with one attached hydrogen (secondary N) is 1. The summed E-state index contributed by atoms with van der Waals surface area (Å²) in [6.07, 6.45) is 3.87. The van der Waals surface area contributed by atoms with Gasteiger partial charge < -0.3 is 5.32 Å². The lowest BCUT2D eigenvalue weighted by atomic mass is 10.2. The predicted octanol–water partition coefficient (Wildman–Crippen LogP) is 1.81. The lowest BCUT2D eigenvalue weighted by Gasteiger charge is -2.17. The molecule has 0 amide bonds. The molecule has 0 fully saturated rings. The Hall–Kier alpha value is -1.19. The van der Waals surface area contributed by atoms with Gasteiger partial charge in [-0.3, -0.25) is 9.88 Å². The zero-order valence-electron chi connectivity index (χ0n) is 10.2. The van der Waals surface area contributed by atoms with E-state index in [1.165, 1.54) is 5.56 Å². The number of rotatable bonds is 7. The molecule has 1 N–H and O–H groups in total. The smallest absolute Gasteiger partial charge is 0.0544 e. The summed E-state index contributed by atoms with van der Waals surface area (Å²) in [5, 5.41) is 3.11. The highest BCUT2D eigenvalue weighted by atomic mass is 15.1. The fraction of sp³-hybridized carbons (Fsp3) is 0.462. The molecule has 0 aromatic carbocycles. The first-order valence-electron chi connectivity index (χ1n) is 5.71. The monoisotopic (exact) mass is 219 g/mol. The van der Waals surface area contributed by atoms with E-state index in [2.05, 4.69) is 40.8 Å². The van der Waals surface area contributed by atoms with Gasteiger partial charge in [-0.2, -0.15) is 0 Å². The molecule has 0 atom stereocenters. The molecule has 0 unspecified atom stereocenters. The predicted molar refractivity (Wildman–Crippen MR) is 68.1 cm³/mol. The molecule has 1 rings (SSSR count). The first-order chi connectivity index (χ1) is 7.80. The Morgan fingerprint density at radius 1 is 1.50 bits per heavy atom. The molecule has 0 aliphatic rings. The second kappa shape index (κ2) is 7.14. The van der Waals surface area contributed by atoms with Crippen LogP contribution in [0.4, 0.5) is 0 Å². The maximum absolute atomic E-state index is 4.45. The number of nitrogens with zero attached hydrogens (tertiary/aromatic N) is 2. The molecule has 3 nitrogen and oxygen atoms in total. The third kappa shape index (κ3) is 4.13. The van der Waals surface area contributed by atoms with Crippen molar-refractivity contribution in [2.24, 2.45) is 0 Å². The average Bonchev–Trinajstić information content (AvgIpc) is 2.31. The molecule has 0 radical (unpaired) electrons. The highest BCUT2D eigenvalue weighted by molar-refractivity contribution is 5.13. The molecule has 1 aromatic rings. The van der Waals surface area contributed by atoms with Crippen LogP contribution >= 0.6 is 0 Å². The van der Waals surface area contributed by atoms with Gasteiger partial charge in [0, 0.05) is 25.8 Å². The van der Waals surface area contributed by atoms with Crippen LogP contribution in [0.2, 0.25) is 0 Å². The molecular formula is C13H21N3. The average molecular weight is 219 g/mol. The van der Waals surface area contributed by atoms with E-state index in [0.29, 0.717) is 0 Å². The van der Waals surface area contributed by atoms with Gasteiger partial charge in [0.25, 0.3) is 0 Å². The van der Waals surface area contributed by atoms with Crippen LogP contribution in [0.1, 0.15) is 18.2 Å². The maximum Gasteiger partial charge on any atom is 0.0544 e. The summed E-state index contributed by atoms with van der Waals surface area (Å²) in [6, 6.07) is 4.22. The Labute approximate surface area is 98.2 Å². The number of aromatic nitrogens is 1. The van der Waals surface area contributed by atoms with Gasteiger partial charge in [0.15, 0.2) is 0 Å². The summed E-state index contributed by atoms with van der Waals surface area (Å²) in [5.41, 5.74) is 2.33. The van der Waals surface area contributed by atoms with E-state index in [9.17, 15) is 0 Å². The molecule has 0 saturated heterocycles. The van der Waals surface area contributed by atoms with E-state index >= 15 is 0 Å². The third-order valence-corrected chi connectivity index (χ3v) is 2.49. The lowest BCUT2D eigenvalue weighted by Crippen LogP contribution is -2.23. The lowest BCUT2D eigenvalue weighted by molar-refractivity contribution is 0.307. The van der Waals surface area contributed by atoms with Crippen molar-refractivity contribution < 1.29 is 0 Å². The van der Waals surface area contributed by atoms with Gasteiger partial charge in [0.2, 0.25) is 0 Å². The minimum atomic E-state index is 0.872. The van der Waals surface area contributed by atoms with Gasteiger partial charge in [-0.25, -0.2) is 0 Å². The summed E-state index contributed by atoms with van der Waals surface area (Å²) >= 11 is 0. The summed E-state index contributed by atoms with van der Waals surface area (Å²) in [6.45, 7) is 9.61. The summed E-state index contributed by atoms with van der Waals surface area (Å²) in [7, 11) is 1.94. The molecule has 0 bridgehead atoms. The Morgan fingerprint density at radius 3 is 2.81 bits per heavy atom. The van der Waals surface area contributed by atoms with Crippen molar-refractivity contribution in [1.82, 2.24) is 15.2 Å². The molecule has 16 heavy (non-hydrogen) atoms. The van der Waals surface area contributed by atoms with Crippen molar-refractivity contribution in [3.05, 3.63) is 42.2 Å². The normalized spacial score (nSPS) is 10.7. The van der Waals surface area contributed by atoms with Crippen molar-refractivity contribution in [3.8, 4) is 0 Å². The fourth-order valence-corrected chi connectivity index (χ4v) is 1.57. The molecule has 0 aliphatic heterocycles. The van der Waals surface area contributed by atoms with Crippen LogP contribution in [0.3, 0.4) is 0 Å². The number of pyridine rings is 1. The standard InChI is InChI=1S/C13H21N3/c1-4-8-16(5-2)11-13-7-6-12(9-14-3)10-15-13/h4,6-7,10,14H,1,5,8-9,11H2,2-3H3. The highest BCUT2D eigenvalue weighted by Crippen LogP contribution is 2.03. The van der Waals surface area contributed by atoms with E-state index in [1.54, 1.807) is 0 Å². The van der Waals surface area contributed by atoms with Crippen LogP contribution in [0.5, 0.6) is 0 Å². The Morgan fingerprint density at radius 2 is 2.31 bits per heavy atom. The number of likely N-dealkylation sites (N-methyl/N-ethyl adjacent to an activating group) is 1. The van der Waals surface area contributed by atoms with E-state index in [4.69, 9.17) is 0 Å². The van der Waals surface area contributed by atoms with Crippen LogP contribution in [-0.2, 0) is 13.1 Å². The summed E-state index contributed by atoms with van der Waals surface area (Å²) < 4.78 is 0. The van der Waals surface area contributed by atoms with Gasteiger partial charge in [-0.05, 0) is 25.2 Å². The minimum absolute atomic E-state index is 0.872. The van der Waals surface area contributed by atoms with Crippen LogP contribution < -0.4 is 5.32 Å². The second-order valence-electron chi connectivity index (χ2n) is 3.80. The van der Waals surface area contributed by atoms with Crippen molar-refractivity contribution >= 4 is 0 Å². The van der Waals surface area contributed by atoms with Gasteiger partial charge in [-0.1, -0.05) is 19.1 Å². The van der Waals surface area contributed by atoms with Gasteiger partial charge in [0.1, 0.15) is 0 Å². The van der Waals surface area contributed by atoms with Crippen LogP contribution in [-0.4, -0.2) is 30.0 Å². The third-order valence-electron chi connectivity index (χ3n) is 2.49. The van der Waals surface area contributed by atoms with Crippen LogP contribution in [0.25, 0.3) is 0 Å². The Kier molecular flexibility index (Phi) is 5.75. The van der Waals surface area contributed by atoms with Crippen LogP contribution in [0.15, 0.2) is 31.0 Å². The van der Waals surface area contributed by atoms with Crippen LogP contribution in [0, 0.1) is 0 Å². The molecule has 1 heterocycles. The SMILES string of the molecule is C=CCN(CC)Cc1ccc(CNC)cn1. The molecule has 0 aliphatic carbocycles. The molecule has 88 valence electrons. The van der Waals surface area contributed by atoms with E-state index in [-0.39, 0.29) is 0 Å². The topological polar surface area (TPSA) is 28.2 Å². The van der Waals surface area contributed by atoms with E-state index < -0.39 is 0 Å². The molecule has 0 saturated carbocycles. The number of hydrogen-bond donors (Lipinski definition) is 1. The van der Waals surface area contributed by atoms with Crippen molar-refractivity contribution in [2.45, 2.75) is 20.0 Å². The zero-order chi connectivity index (χ0) is 11.8. The summed E-state index contributed by atoms with van der Waals surface area (Å²) in [4.78, 5) is 6.75. The fourth-order valence-electron chi connectivity index (χ4n) is 1.57. The molecule has 0 spiro atoms.